The molecule has 0 aromatic heterocycles. The Hall–Kier alpha value is -3.19. The summed E-state index contributed by atoms with van der Waals surface area (Å²) in [6.07, 6.45) is 0. The molecule has 26 heavy (non-hydrogen) atoms. The molecule has 3 heteroatoms. The lowest BCUT2D eigenvalue weighted by Crippen LogP contribution is -2.14. The van der Waals surface area contributed by atoms with E-state index in [4.69, 9.17) is 0 Å². The summed E-state index contributed by atoms with van der Waals surface area (Å²) in [5, 5.41) is 1.44. The van der Waals surface area contributed by atoms with Crippen molar-refractivity contribution < 1.29 is 4.57 Å². The van der Waals surface area contributed by atoms with Gasteiger partial charge in [-0.2, -0.15) is 0 Å². The first-order chi connectivity index (χ1) is 12.7. The van der Waals surface area contributed by atoms with E-state index < -0.39 is 7.14 Å². The van der Waals surface area contributed by atoms with Crippen molar-refractivity contribution >= 4 is 23.4 Å². The summed E-state index contributed by atoms with van der Waals surface area (Å²) in [5.41, 5.74) is 3.92. The predicted molar refractivity (Wildman–Crippen MR) is 110 cm³/mol. The molecule has 0 aliphatic heterocycles. The average molecular weight is 355 g/mol. The number of benzene rings is 3. The standard InChI is InChI=1S/C23H18NOP/c1-24(21-13-5-2-6-14-21)19-11-12-20-26(25,22-15-7-3-8-16-22)23-17-9-4-10-18-23/h2-10,13-18H,1H3. The second-order valence-corrected chi connectivity index (χ2v) is 8.12. The Morgan fingerprint density at radius 1 is 0.692 bits per heavy atom. The molecule has 0 bridgehead atoms. The molecule has 3 aromatic rings. The van der Waals surface area contributed by atoms with Crippen LogP contribution in [0.3, 0.4) is 0 Å². The second-order valence-electron chi connectivity index (χ2n) is 5.65. The zero-order valence-corrected chi connectivity index (χ0v) is 15.4. The summed E-state index contributed by atoms with van der Waals surface area (Å²) in [5.74, 6) is 5.63. The number of rotatable bonds is 3. The first-order valence-corrected chi connectivity index (χ1v) is 9.94. The Bertz CT molecular complexity index is 979. The largest absolute Gasteiger partial charge is 0.304 e. The van der Waals surface area contributed by atoms with Gasteiger partial charge in [0.05, 0.1) is 0 Å². The van der Waals surface area contributed by atoms with Gasteiger partial charge in [-0.05, 0) is 23.7 Å². The van der Waals surface area contributed by atoms with Crippen molar-refractivity contribution in [2.45, 2.75) is 0 Å². The molecule has 0 atom stereocenters. The molecule has 0 radical (unpaired) electrons. The van der Waals surface area contributed by atoms with Gasteiger partial charge in [0.25, 0.3) is 0 Å². The highest BCUT2D eigenvalue weighted by Gasteiger charge is 2.24. The molecule has 126 valence electrons. The summed E-state index contributed by atoms with van der Waals surface area (Å²) in [6.45, 7) is 0. The highest BCUT2D eigenvalue weighted by molar-refractivity contribution is 7.83. The molecule has 0 saturated carbocycles. The van der Waals surface area contributed by atoms with Gasteiger partial charge in [0.2, 0.25) is 7.14 Å². The van der Waals surface area contributed by atoms with Crippen LogP contribution in [0.15, 0.2) is 91.0 Å². The van der Waals surface area contributed by atoms with Gasteiger partial charge in [-0.25, -0.2) is 0 Å². The molecule has 0 saturated heterocycles. The van der Waals surface area contributed by atoms with Crippen LogP contribution in [0.4, 0.5) is 5.69 Å². The van der Waals surface area contributed by atoms with E-state index in [9.17, 15) is 4.57 Å². The molecule has 0 amide bonds. The van der Waals surface area contributed by atoms with Crippen molar-refractivity contribution in [2.75, 3.05) is 11.9 Å². The summed E-state index contributed by atoms with van der Waals surface area (Å²) >= 11 is 0. The number of hydrogen-bond acceptors (Lipinski definition) is 2. The fraction of sp³-hybridized carbons (Fsp3) is 0.0435. The Morgan fingerprint density at radius 2 is 1.15 bits per heavy atom. The first-order valence-electron chi connectivity index (χ1n) is 8.23. The highest BCUT2D eigenvalue weighted by Crippen LogP contribution is 2.41. The van der Waals surface area contributed by atoms with Crippen LogP contribution in [0.25, 0.3) is 0 Å². The molecule has 0 aliphatic carbocycles. The van der Waals surface area contributed by atoms with E-state index in [2.05, 4.69) is 23.5 Å². The maximum absolute atomic E-state index is 13.7. The topological polar surface area (TPSA) is 20.3 Å². The minimum Gasteiger partial charge on any atom is -0.304 e. The lowest BCUT2D eigenvalue weighted by atomic mass is 10.3. The first kappa shape index (κ1) is 17.6. The third kappa shape index (κ3) is 4.07. The van der Waals surface area contributed by atoms with Crippen LogP contribution < -0.4 is 15.5 Å². The molecule has 0 fully saturated rings. The lowest BCUT2D eigenvalue weighted by molar-refractivity contribution is 0.593. The normalized spacial score (nSPS) is 10.0. The van der Waals surface area contributed by atoms with E-state index in [1.807, 2.05) is 98.0 Å². The Kier molecular flexibility index (Phi) is 5.60. The zero-order chi connectivity index (χ0) is 18.2. The molecule has 0 heterocycles. The van der Waals surface area contributed by atoms with Crippen LogP contribution in [-0.4, -0.2) is 7.05 Å². The second kappa shape index (κ2) is 8.26. The molecule has 0 N–H and O–H groups in total. The minimum absolute atomic E-state index is 0.719. The summed E-state index contributed by atoms with van der Waals surface area (Å²) < 4.78 is 13.7. The van der Waals surface area contributed by atoms with E-state index in [0.717, 1.165) is 16.3 Å². The Balaban J connectivity index is 1.94. The quantitative estimate of drug-likeness (QED) is 0.401. The monoisotopic (exact) mass is 355 g/mol. The van der Waals surface area contributed by atoms with E-state index in [-0.39, 0.29) is 0 Å². The predicted octanol–water partition coefficient (Wildman–Crippen LogP) is 4.06. The molecule has 0 spiro atoms. The third-order valence-electron chi connectivity index (χ3n) is 3.88. The van der Waals surface area contributed by atoms with E-state index >= 15 is 0 Å². The molecule has 0 unspecified atom stereocenters. The molecular weight excluding hydrogens is 337 g/mol. The smallest absolute Gasteiger partial charge is 0.211 e. The number of hydrogen-bond donors (Lipinski definition) is 0. The van der Waals surface area contributed by atoms with E-state index in [1.54, 1.807) is 4.90 Å². The molecular formula is C23H18NOP. The van der Waals surface area contributed by atoms with Gasteiger partial charge < -0.3 is 4.90 Å². The van der Waals surface area contributed by atoms with Crippen LogP contribution in [0.2, 0.25) is 0 Å². The number of nitrogens with zero attached hydrogens (tertiary/aromatic N) is 1. The summed E-state index contributed by atoms with van der Waals surface area (Å²) in [7, 11) is -1.17. The van der Waals surface area contributed by atoms with E-state index in [1.165, 1.54) is 0 Å². The SMILES string of the molecule is CN(C#CC#CP(=O)(c1ccccc1)c1ccccc1)c1ccccc1. The molecule has 3 rings (SSSR count). The number of para-hydroxylation sites is 1. The third-order valence-corrected chi connectivity index (χ3v) is 6.36. The Morgan fingerprint density at radius 3 is 1.65 bits per heavy atom. The van der Waals surface area contributed by atoms with Crippen molar-refractivity contribution in [1.29, 1.82) is 0 Å². The summed E-state index contributed by atoms with van der Waals surface area (Å²) in [4.78, 5) is 1.80. The van der Waals surface area contributed by atoms with Crippen LogP contribution >= 0.6 is 7.14 Å². The van der Waals surface area contributed by atoms with Gasteiger partial charge in [0, 0.05) is 35.3 Å². The minimum atomic E-state index is -3.04. The Labute approximate surface area is 154 Å². The fourth-order valence-electron chi connectivity index (χ4n) is 2.49. The highest BCUT2D eigenvalue weighted by atomic mass is 31.2. The maximum atomic E-state index is 13.7. The van der Waals surface area contributed by atoms with Crippen LogP contribution in [0, 0.1) is 23.5 Å². The number of anilines is 1. The van der Waals surface area contributed by atoms with Gasteiger partial charge in [0.15, 0.2) is 0 Å². The van der Waals surface area contributed by atoms with Crippen molar-refractivity contribution in [2.24, 2.45) is 0 Å². The van der Waals surface area contributed by atoms with Gasteiger partial charge in [-0.3, -0.25) is 4.57 Å². The van der Waals surface area contributed by atoms with Gasteiger partial charge in [-0.15, -0.1) is 0 Å². The maximum Gasteiger partial charge on any atom is 0.211 e. The van der Waals surface area contributed by atoms with Crippen molar-refractivity contribution in [1.82, 2.24) is 0 Å². The molecule has 3 aromatic carbocycles. The van der Waals surface area contributed by atoms with Crippen molar-refractivity contribution in [3.63, 3.8) is 0 Å². The summed E-state index contributed by atoms with van der Waals surface area (Å²) in [6, 6.07) is 31.5. The van der Waals surface area contributed by atoms with Crippen molar-refractivity contribution in [3.05, 3.63) is 91.0 Å². The van der Waals surface area contributed by atoms with E-state index in [0.29, 0.717) is 0 Å². The van der Waals surface area contributed by atoms with Gasteiger partial charge in [-0.1, -0.05) is 78.9 Å². The van der Waals surface area contributed by atoms with Crippen LogP contribution in [0.5, 0.6) is 0 Å². The fourth-order valence-corrected chi connectivity index (χ4v) is 4.44. The molecule has 2 nitrogen and oxygen atoms in total. The van der Waals surface area contributed by atoms with Crippen LogP contribution in [-0.2, 0) is 4.57 Å². The van der Waals surface area contributed by atoms with Gasteiger partial charge >= 0.3 is 0 Å². The average Bonchev–Trinajstić information content (AvgIpc) is 2.73. The van der Waals surface area contributed by atoms with Crippen LogP contribution in [0.1, 0.15) is 0 Å². The zero-order valence-electron chi connectivity index (χ0n) is 14.5. The molecule has 0 aliphatic rings. The lowest BCUT2D eigenvalue weighted by Gasteiger charge is -2.12. The van der Waals surface area contributed by atoms with Gasteiger partial charge in [0.1, 0.15) is 0 Å². The van der Waals surface area contributed by atoms with Crippen molar-refractivity contribution in [3.8, 4) is 23.5 Å².